The van der Waals surface area contributed by atoms with Crippen molar-refractivity contribution in [2.75, 3.05) is 9.80 Å². The summed E-state index contributed by atoms with van der Waals surface area (Å²) in [5.74, 6) is 2.28. The van der Waals surface area contributed by atoms with Crippen LogP contribution in [0.3, 0.4) is 0 Å². The summed E-state index contributed by atoms with van der Waals surface area (Å²) in [4.78, 5) is 31.7. The first kappa shape index (κ1) is 58.0. The van der Waals surface area contributed by atoms with Gasteiger partial charge in [-0.1, -0.05) is 242 Å². The van der Waals surface area contributed by atoms with Crippen molar-refractivity contribution in [3.63, 3.8) is 0 Å². The van der Waals surface area contributed by atoms with Crippen LogP contribution in [0.5, 0.6) is 0 Å². The van der Waals surface area contributed by atoms with Gasteiger partial charge in [0.1, 0.15) is 0 Å². The van der Waals surface area contributed by atoms with E-state index >= 15 is 0 Å². The van der Waals surface area contributed by atoms with Crippen molar-refractivity contribution < 1.29 is 0 Å². The fourth-order valence-electron chi connectivity index (χ4n) is 14.3. The quantitative estimate of drug-likeness (QED) is 0.126. The van der Waals surface area contributed by atoms with Gasteiger partial charge in [-0.05, 0) is 147 Å². The van der Waals surface area contributed by atoms with Gasteiger partial charge in [-0.15, -0.1) is 0 Å². The lowest BCUT2D eigenvalue weighted by Gasteiger charge is -2.44. The first-order valence-electron chi connectivity index (χ1n) is 33.1. The lowest BCUT2D eigenvalue weighted by Crippen LogP contribution is -2.61. The summed E-state index contributed by atoms with van der Waals surface area (Å²) in [6, 6.07) is 107. The van der Waals surface area contributed by atoms with E-state index in [1.165, 1.54) is 61.0 Å². The Bertz CT molecular complexity index is 5360. The van der Waals surface area contributed by atoms with Crippen molar-refractivity contribution in [3.8, 4) is 84.9 Å². The Morgan fingerprint density at radius 1 is 0.281 bits per heavy atom. The normalized spacial score (nSPS) is 12.6. The molecule has 0 amide bonds. The number of fused-ring (bicyclic) bond motifs is 7. The van der Waals surface area contributed by atoms with Crippen molar-refractivity contribution in [1.82, 2.24) is 29.5 Å². The van der Waals surface area contributed by atoms with Crippen molar-refractivity contribution in [2.24, 2.45) is 0 Å². The minimum Gasteiger partial charge on any atom is -0.311 e. The summed E-state index contributed by atoms with van der Waals surface area (Å²) in [5, 5.41) is 2.38. The van der Waals surface area contributed by atoms with Gasteiger partial charge in [0.25, 0.3) is 6.71 Å². The predicted molar refractivity (Wildman–Crippen MR) is 399 cm³/mol. The lowest BCUT2D eigenvalue weighted by molar-refractivity contribution is 0.590. The molecule has 2 aliphatic heterocycles. The Morgan fingerprint density at radius 3 is 1.18 bits per heavy atom. The van der Waals surface area contributed by atoms with E-state index in [-0.39, 0.29) is 17.5 Å². The van der Waals surface area contributed by atoms with Crippen LogP contribution < -0.4 is 26.2 Å². The molecule has 0 N–H and O–H groups in total. The van der Waals surface area contributed by atoms with E-state index in [0.29, 0.717) is 23.3 Å². The second kappa shape index (κ2) is 23.0. The van der Waals surface area contributed by atoms with Crippen molar-refractivity contribution in [1.29, 1.82) is 0 Å². The molecule has 0 unspecified atom stereocenters. The van der Waals surface area contributed by atoms with E-state index in [2.05, 4.69) is 286 Å². The summed E-state index contributed by atoms with van der Waals surface area (Å²) >= 11 is 0. The molecule has 0 atom stereocenters. The Morgan fingerprint density at radius 2 is 0.677 bits per heavy atom. The number of benzene rings is 12. The first-order valence-corrected chi connectivity index (χ1v) is 33.1. The highest BCUT2D eigenvalue weighted by Crippen LogP contribution is 2.46. The largest absolute Gasteiger partial charge is 0.311 e. The number of nitrogens with zero attached hydrogens (tertiary/aromatic N) is 8. The van der Waals surface area contributed by atoms with Crippen LogP contribution >= 0.6 is 0 Å². The summed E-state index contributed by atoms with van der Waals surface area (Å²) < 4.78 is 2.41. The highest BCUT2D eigenvalue weighted by Gasteiger charge is 2.43. The maximum atomic E-state index is 5.66. The zero-order valence-electron chi connectivity index (χ0n) is 54.4. The summed E-state index contributed by atoms with van der Waals surface area (Å²) in [6.45, 7) is 13.8. The van der Waals surface area contributed by atoms with Gasteiger partial charge in [-0.3, -0.25) is 0 Å². The number of hydrogen-bond acceptors (Lipinski definition) is 7. The minimum absolute atomic E-state index is 0.0699. The lowest BCUT2D eigenvalue weighted by atomic mass is 9.33. The molecule has 0 radical (unpaired) electrons. The summed E-state index contributed by atoms with van der Waals surface area (Å²) in [6.07, 6.45) is 0. The molecule has 0 fully saturated rings. The number of aromatic nitrogens is 6. The van der Waals surface area contributed by atoms with Crippen LogP contribution in [0.25, 0.3) is 107 Å². The van der Waals surface area contributed by atoms with E-state index in [4.69, 9.17) is 24.9 Å². The van der Waals surface area contributed by atoms with Crippen LogP contribution in [0, 0.1) is 0 Å². The van der Waals surface area contributed by atoms with Crippen molar-refractivity contribution in [2.45, 2.75) is 52.4 Å². The third-order valence-corrected chi connectivity index (χ3v) is 19.2. The molecule has 3 aromatic heterocycles. The number of rotatable bonds is 10. The molecule has 8 nitrogen and oxygen atoms in total. The highest BCUT2D eigenvalue weighted by atomic mass is 15.2. The average molecular weight is 1240 g/mol. The molecule has 17 rings (SSSR count). The first-order chi connectivity index (χ1) is 46.9. The zero-order valence-corrected chi connectivity index (χ0v) is 54.4. The van der Waals surface area contributed by atoms with Gasteiger partial charge in [0.15, 0.2) is 23.3 Å². The fourth-order valence-corrected chi connectivity index (χ4v) is 14.3. The number of hydrogen-bond donors (Lipinski definition) is 0. The molecular formula is C87H67BN8. The molecule has 0 aliphatic carbocycles. The van der Waals surface area contributed by atoms with E-state index < -0.39 is 0 Å². The Balaban J connectivity index is 0.802. The van der Waals surface area contributed by atoms with E-state index in [1.54, 1.807) is 0 Å². The highest BCUT2D eigenvalue weighted by molar-refractivity contribution is 7.00. The molecule has 15 aromatic rings. The van der Waals surface area contributed by atoms with Crippen LogP contribution in [0.1, 0.15) is 52.7 Å². The molecular weight excluding hydrogens is 1170 g/mol. The van der Waals surface area contributed by atoms with Crippen molar-refractivity contribution >= 4 is 79.0 Å². The van der Waals surface area contributed by atoms with E-state index in [1.807, 2.05) is 66.7 Å². The van der Waals surface area contributed by atoms with E-state index in [9.17, 15) is 0 Å². The Kier molecular flexibility index (Phi) is 13.9. The van der Waals surface area contributed by atoms with Gasteiger partial charge in [0.2, 0.25) is 0 Å². The minimum atomic E-state index is -0.0699. The van der Waals surface area contributed by atoms with Gasteiger partial charge < -0.3 is 14.4 Å². The SMILES string of the molecule is CC(C)(C)c1ccc2c(c1)c1cc(C(C)(C)C)ccc1n2-c1ccc(-c2nc(-c3ccccc3)nc(-c3ccccc3)n2)cc1-c1nc(-c2ccccc2)cc(-c2ccc(-c3ccc(N4c5ccccc5B5c6ccccc6N(c6ccccc6)c6cccc4c65)cc3)cc2)n1. The number of anilines is 6. The van der Waals surface area contributed by atoms with Crippen LogP contribution in [-0.4, -0.2) is 36.2 Å². The standard InChI is InChI=1S/C87H67BN8/c1-86(2,3)63-45-50-74-67(53-63)68-54-64(87(4,5)6)46-51-75(68)96(74)76-49-44-62(84-92-82(60-26-13-8-14-27-60)91-83(93-84)61-28-15-9-16-29-61)52-69(76)85-89-72(58-24-11-7-12-25-58)55-73(90-85)59-40-38-56(39-41-59)57-42-47-66(48-43-57)95-78-35-22-20-33-71(78)88-70-32-19-21-34-77(70)94(65-30-17-10-18-31-65)79-36-23-37-80(95)81(79)88/h7-55H,1-6H3. The molecule has 0 saturated heterocycles. The monoisotopic (exact) mass is 1230 g/mol. The van der Waals surface area contributed by atoms with Gasteiger partial charge in [-0.2, -0.15) is 0 Å². The average Bonchev–Trinajstić information content (AvgIpc) is 0.823. The predicted octanol–water partition coefficient (Wildman–Crippen LogP) is 20.1. The summed E-state index contributed by atoms with van der Waals surface area (Å²) in [5.41, 5.74) is 25.6. The molecule has 5 heterocycles. The van der Waals surface area contributed by atoms with Crippen LogP contribution in [0.15, 0.2) is 297 Å². The smallest absolute Gasteiger partial charge is 0.252 e. The Labute approximate surface area is 560 Å². The molecule has 2 aliphatic rings. The van der Waals surface area contributed by atoms with Crippen LogP contribution in [0.2, 0.25) is 0 Å². The zero-order chi connectivity index (χ0) is 64.8. The molecule has 458 valence electrons. The fraction of sp³-hybridized carbons (Fsp3) is 0.0920. The van der Waals surface area contributed by atoms with Gasteiger partial charge in [0.05, 0.1) is 28.1 Å². The van der Waals surface area contributed by atoms with E-state index in [0.717, 1.165) is 84.0 Å². The molecule has 9 heteroatoms. The molecule has 0 bridgehead atoms. The molecule has 0 saturated carbocycles. The maximum Gasteiger partial charge on any atom is 0.252 e. The Hall–Kier alpha value is -11.8. The third-order valence-electron chi connectivity index (χ3n) is 19.2. The van der Waals surface area contributed by atoms with Gasteiger partial charge in [-0.25, -0.2) is 24.9 Å². The van der Waals surface area contributed by atoms with Gasteiger partial charge in [0, 0.05) is 78.3 Å². The number of para-hydroxylation sites is 3. The molecule has 96 heavy (non-hydrogen) atoms. The van der Waals surface area contributed by atoms with Crippen LogP contribution in [0.4, 0.5) is 34.1 Å². The topological polar surface area (TPSA) is 75.9 Å². The second-order valence-corrected chi connectivity index (χ2v) is 27.3. The van der Waals surface area contributed by atoms with Crippen LogP contribution in [-0.2, 0) is 10.8 Å². The van der Waals surface area contributed by atoms with Crippen molar-refractivity contribution in [3.05, 3.63) is 308 Å². The third kappa shape index (κ3) is 10.1. The molecule has 12 aromatic carbocycles. The maximum absolute atomic E-state index is 5.66. The second-order valence-electron chi connectivity index (χ2n) is 27.3. The summed E-state index contributed by atoms with van der Waals surface area (Å²) in [7, 11) is 0. The van der Waals surface area contributed by atoms with Gasteiger partial charge >= 0.3 is 0 Å². The molecule has 0 spiro atoms.